The maximum absolute atomic E-state index is 10.6. The summed E-state index contributed by atoms with van der Waals surface area (Å²) in [7, 11) is 0. The Kier molecular flexibility index (Phi) is 6.05. The van der Waals surface area contributed by atoms with Crippen LogP contribution in [0.1, 0.15) is 119 Å². The van der Waals surface area contributed by atoms with Crippen LogP contribution < -0.4 is 0 Å². The second-order valence-corrected chi connectivity index (χ2v) is 13.2. The fourth-order valence-corrected chi connectivity index (χ4v) is 9.30. The van der Waals surface area contributed by atoms with Gasteiger partial charge in [-0.25, -0.2) is 0 Å². The highest BCUT2D eigenvalue weighted by atomic mass is 16.3. The van der Waals surface area contributed by atoms with E-state index in [-0.39, 0.29) is 6.10 Å². The van der Waals surface area contributed by atoms with Crippen molar-refractivity contribution in [3.63, 3.8) is 0 Å². The van der Waals surface area contributed by atoms with Gasteiger partial charge in [0.25, 0.3) is 0 Å². The van der Waals surface area contributed by atoms with Crippen molar-refractivity contribution in [2.45, 2.75) is 125 Å². The molecule has 1 nitrogen and oxygen atoms in total. The largest absolute Gasteiger partial charge is 0.393 e. The Morgan fingerprint density at radius 1 is 0.900 bits per heavy atom. The first-order valence-electron chi connectivity index (χ1n) is 13.5. The molecule has 0 saturated heterocycles. The number of aliphatic hydroxyl groups excluding tert-OH is 1. The molecule has 0 aliphatic heterocycles. The molecule has 0 heterocycles. The molecule has 0 spiro atoms. The molecule has 8 atom stereocenters. The van der Waals surface area contributed by atoms with E-state index in [4.69, 9.17) is 0 Å². The average Bonchev–Trinajstić information content (AvgIpc) is 2.96. The van der Waals surface area contributed by atoms with Gasteiger partial charge >= 0.3 is 0 Å². The molecule has 2 fully saturated rings. The highest BCUT2D eigenvalue weighted by Crippen LogP contribution is 2.71. The van der Waals surface area contributed by atoms with Crippen LogP contribution in [0.15, 0.2) is 11.1 Å². The van der Waals surface area contributed by atoms with E-state index in [1.165, 1.54) is 64.2 Å². The van der Waals surface area contributed by atoms with Crippen molar-refractivity contribution in [1.29, 1.82) is 0 Å². The van der Waals surface area contributed by atoms with Crippen molar-refractivity contribution in [2.75, 3.05) is 0 Å². The molecule has 0 radical (unpaired) electrons. The molecular formula is C29H50O. The third-order valence-electron chi connectivity index (χ3n) is 11.5. The fraction of sp³-hybridized carbons (Fsp3) is 0.931. The summed E-state index contributed by atoms with van der Waals surface area (Å²) in [6.07, 6.45) is 14.6. The van der Waals surface area contributed by atoms with Crippen LogP contribution in [-0.2, 0) is 0 Å². The summed E-state index contributed by atoms with van der Waals surface area (Å²) < 4.78 is 0. The maximum Gasteiger partial charge on any atom is 0.0569 e. The van der Waals surface area contributed by atoms with Crippen LogP contribution in [0.3, 0.4) is 0 Å². The Morgan fingerprint density at radius 3 is 2.33 bits per heavy atom. The number of allylic oxidation sites excluding steroid dienone is 2. The summed E-state index contributed by atoms with van der Waals surface area (Å²) in [5, 5.41) is 10.6. The summed E-state index contributed by atoms with van der Waals surface area (Å²) >= 11 is 0. The first-order valence-corrected chi connectivity index (χ1v) is 13.5. The summed E-state index contributed by atoms with van der Waals surface area (Å²) in [4.78, 5) is 0. The van der Waals surface area contributed by atoms with Crippen molar-refractivity contribution in [3.8, 4) is 0 Å². The first kappa shape index (κ1) is 22.9. The SMILES string of the molecule is CC(C)CCCC(C)C1CCC2(C)C3=C(CCC12C)C1(C)CCC(O)C(C)C1CC3. The zero-order valence-electron chi connectivity index (χ0n) is 21.2. The Morgan fingerprint density at radius 2 is 1.63 bits per heavy atom. The molecule has 0 aromatic carbocycles. The number of aliphatic hydroxyl groups is 1. The van der Waals surface area contributed by atoms with Crippen LogP contribution >= 0.6 is 0 Å². The van der Waals surface area contributed by atoms with Gasteiger partial charge < -0.3 is 5.11 Å². The predicted octanol–water partition coefficient (Wildman–Crippen LogP) is 8.17. The van der Waals surface area contributed by atoms with Crippen LogP contribution in [0.5, 0.6) is 0 Å². The molecule has 0 aromatic rings. The molecule has 0 aromatic heterocycles. The van der Waals surface area contributed by atoms with E-state index in [1.807, 2.05) is 11.1 Å². The van der Waals surface area contributed by atoms with E-state index in [1.54, 1.807) is 0 Å². The normalized spacial score (nSPS) is 47.1. The Hall–Kier alpha value is -0.300. The van der Waals surface area contributed by atoms with Crippen LogP contribution in [0.4, 0.5) is 0 Å². The summed E-state index contributed by atoms with van der Waals surface area (Å²) in [5.41, 5.74) is 5.04. The Bertz CT molecular complexity index is 676. The van der Waals surface area contributed by atoms with Gasteiger partial charge in [0.05, 0.1) is 6.10 Å². The number of fused-ring (bicyclic) bond motifs is 4. The zero-order chi connectivity index (χ0) is 21.9. The van der Waals surface area contributed by atoms with Crippen LogP contribution in [0.25, 0.3) is 0 Å². The van der Waals surface area contributed by atoms with Crippen molar-refractivity contribution in [2.24, 2.45) is 45.8 Å². The van der Waals surface area contributed by atoms with Crippen molar-refractivity contribution >= 4 is 0 Å². The van der Waals surface area contributed by atoms with E-state index in [2.05, 4.69) is 48.5 Å². The average molecular weight is 415 g/mol. The lowest BCUT2D eigenvalue weighted by Crippen LogP contribution is -2.51. The summed E-state index contributed by atoms with van der Waals surface area (Å²) in [6.45, 7) is 17.6. The van der Waals surface area contributed by atoms with Gasteiger partial charge in [-0.3, -0.25) is 0 Å². The maximum atomic E-state index is 10.6. The van der Waals surface area contributed by atoms with Gasteiger partial charge in [-0.15, -0.1) is 0 Å². The van der Waals surface area contributed by atoms with Gasteiger partial charge in [-0.05, 0) is 97.2 Å². The van der Waals surface area contributed by atoms with Gasteiger partial charge in [-0.2, -0.15) is 0 Å². The van der Waals surface area contributed by atoms with Crippen molar-refractivity contribution in [1.82, 2.24) is 0 Å². The Labute approximate surface area is 187 Å². The molecule has 172 valence electrons. The predicted molar refractivity (Wildman–Crippen MR) is 128 cm³/mol. The molecule has 30 heavy (non-hydrogen) atoms. The highest BCUT2D eigenvalue weighted by Gasteiger charge is 2.62. The smallest absolute Gasteiger partial charge is 0.0569 e. The minimum absolute atomic E-state index is 0.0720. The highest BCUT2D eigenvalue weighted by molar-refractivity contribution is 5.38. The third-order valence-corrected chi connectivity index (χ3v) is 11.5. The monoisotopic (exact) mass is 414 g/mol. The lowest BCUT2D eigenvalue weighted by atomic mass is 9.45. The second kappa shape index (κ2) is 7.93. The van der Waals surface area contributed by atoms with Gasteiger partial charge in [0.2, 0.25) is 0 Å². The quantitative estimate of drug-likeness (QED) is 0.450. The third kappa shape index (κ3) is 3.27. The molecule has 0 amide bonds. The lowest BCUT2D eigenvalue weighted by molar-refractivity contribution is -0.0413. The van der Waals surface area contributed by atoms with Crippen LogP contribution in [-0.4, -0.2) is 11.2 Å². The van der Waals surface area contributed by atoms with E-state index >= 15 is 0 Å². The summed E-state index contributed by atoms with van der Waals surface area (Å²) in [5.74, 6) is 3.78. The topological polar surface area (TPSA) is 20.2 Å². The van der Waals surface area contributed by atoms with E-state index < -0.39 is 0 Å². The summed E-state index contributed by atoms with van der Waals surface area (Å²) in [6, 6.07) is 0. The first-order chi connectivity index (χ1) is 14.0. The Balaban J connectivity index is 1.60. The van der Waals surface area contributed by atoms with Crippen LogP contribution in [0, 0.1) is 45.8 Å². The number of hydrogen-bond donors (Lipinski definition) is 1. The fourth-order valence-electron chi connectivity index (χ4n) is 9.30. The molecule has 4 aliphatic rings. The van der Waals surface area contributed by atoms with Crippen molar-refractivity contribution in [3.05, 3.63) is 11.1 Å². The molecule has 1 N–H and O–H groups in total. The van der Waals surface area contributed by atoms with Crippen molar-refractivity contribution < 1.29 is 5.11 Å². The number of rotatable bonds is 5. The second-order valence-electron chi connectivity index (χ2n) is 13.2. The standard InChI is InChI=1S/C29H50O/c1-19(2)9-8-10-20(3)22-13-17-29(7)25-12-11-23-21(4)26(30)15-16-27(23,5)24(25)14-18-28(22,29)6/h19-23,26,30H,8-18H2,1-7H3. The zero-order valence-corrected chi connectivity index (χ0v) is 21.2. The molecule has 0 bridgehead atoms. The van der Waals surface area contributed by atoms with Crippen LogP contribution in [0.2, 0.25) is 0 Å². The minimum Gasteiger partial charge on any atom is -0.393 e. The lowest BCUT2D eigenvalue weighted by Gasteiger charge is -2.60. The van der Waals surface area contributed by atoms with Gasteiger partial charge in [-0.1, -0.05) is 78.9 Å². The minimum atomic E-state index is -0.0720. The molecule has 2 saturated carbocycles. The van der Waals surface area contributed by atoms with Gasteiger partial charge in [0.15, 0.2) is 0 Å². The molecule has 8 unspecified atom stereocenters. The molecule has 4 rings (SSSR count). The molecule has 1 heteroatoms. The van der Waals surface area contributed by atoms with E-state index in [0.29, 0.717) is 28.1 Å². The van der Waals surface area contributed by atoms with Gasteiger partial charge in [0, 0.05) is 0 Å². The molecular weight excluding hydrogens is 364 g/mol. The van der Waals surface area contributed by atoms with E-state index in [9.17, 15) is 5.11 Å². The molecule has 4 aliphatic carbocycles. The van der Waals surface area contributed by atoms with E-state index in [0.717, 1.165) is 24.2 Å². The van der Waals surface area contributed by atoms with Gasteiger partial charge in [0.1, 0.15) is 0 Å². The number of hydrogen-bond acceptors (Lipinski definition) is 1.